The number of aryl methyl sites for hydroxylation is 2. The van der Waals surface area contributed by atoms with Crippen molar-refractivity contribution in [3.63, 3.8) is 0 Å². The molecule has 0 aromatic heterocycles. The van der Waals surface area contributed by atoms with Crippen molar-refractivity contribution in [1.29, 1.82) is 0 Å². The Morgan fingerprint density at radius 3 is 2.51 bits per heavy atom. The van der Waals surface area contributed by atoms with E-state index in [1.54, 1.807) is 33.7 Å². The van der Waals surface area contributed by atoms with Gasteiger partial charge in [0.1, 0.15) is 6.04 Å². The summed E-state index contributed by atoms with van der Waals surface area (Å²) in [5, 5.41) is 10.6. The third-order valence-corrected chi connectivity index (χ3v) is 11.4. The quantitative estimate of drug-likeness (QED) is 0.340. The monoisotopic (exact) mass is 581 g/mol. The van der Waals surface area contributed by atoms with E-state index in [1.165, 1.54) is 0 Å². The molecule has 4 rings (SSSR count). The number of aliphatic hydroxyl groups is 1. The summed E-state index contributed by atoms with van der Waals surface area (Å²) in [6.45, 7) is 19.0. The highest BCUT2D eigenvalue weighted by Crippen LogP contribution is 2.67. The predicted octanol–water partition coefficient (Wildman–Crippen LogP) is 4.75. The van der Waals surface area contributed by atoms with Gasteiger partial charge in [-0.05, 0) is 56.2 Å². The molecule has 41 heavy (non-hydrogen) atoms. The second-order valence-corrected chi connectivity index (χ2v) is 13.6. The van der Waals surface area contributed by atoms with Crippen LogP contribution in [0.3, 0.4) is 0 Å². The Balaban J connectivity index is 1.86. The lowest BCUT2D eigenvalue weighted by Gasteiger charge is -2.41. The minimum atomic E-state index is -0.780. The zero-order chi connectivity index (χ0) is 30.1. The smallest absolute Gasteiger partial charge is 0.251 e. The first-order valence-corrected chi connectivity index (χ1v) is 16.0. The lowest BCUT2D eigenvalue weighted by molar-refractivity contribution is -0.146. The average Bonchev–Trinajstić information content (AvgIpc) is 3.60. The van der Waals surface area contributed by atoms with Gasteiger partial charge in [0.2, 0.25) is 11.8 Å². The summed E-state index contributed by atoms with van der Waals surface area (Å²) in [6, 6.07) is 4.75. The fourth-order valence-electron chi connectivity index (χ4n) is 7.35. The molecule has 7 nitrogen and oxygen atoms in total. The SMILES string of the molecule is C=CCN(CCC)C(=O)[C@@H]1[C@H]2C(=O)N([C@@H](CO)[C@@H](C)CC)C(C(=O)N(CC=C)c3cc(C)ccc3C)C23CC[C@H]1S3. The van der Waals surface area contributed by atoms with Crippen LogP contribution in [-0.4, -0.2) is 80.9 Å². The lowest BCUT2D eigenvalue weighted by Crippen LogP contribution is -2.59. The Morgan fingerprint density at radius 2 is 1.90 bits per heavy atom. The van der Waals surface area contributed by atoms with Crippen LogP contribution in [0.4, 0.5) is 5.69 Å². The van der Waals surface area contributed by atoms with Gasteiger partial charge in [-0.2, -0.15) is 0 Å². The Morgan fingerprint density at radius 1 is 1.20 bits per heavy atom. The summed E-state index contributed by atoms with van der Waals surface area (Å²) in [5.41, 5.74) is 2.81. The Labute approximate surface area is 250 Å². The molecular formula is C33H47N3O4S. The van der Waals surface area contributed by atoms with E-state index in [0.29, 0.717) is 26.1 Å². The molecule has 3 amide bonds. The van der Waals surface area contributed by atoms with Crippen molar-refractivity contribution < 1.29 is 19.5 Å². The number of hydrogen-bond donors (Lipinski definition) is 1. The molecule has 0 aliphatic carbocycles. The van der Waals surface area contributed by atoms with Crippen LogP contribution in [0.25, 0.3) is 0 Å². The van der Waals surface area contributed by atoms with E-state index >= 15 is 0 Å². The van der Waals surface area contributed by atoms with E-state index in [2.05, 4.69) is 13.2 Å². The average molecular weight is 582 g/mol. The number of carbonyl (C=O) groups excluding carboxylic acids is 3. The highest BCUT2D eigenvalue weighted by molar-refractivity contribution is 8.02. The van der Waals surface area contributed by atoms with Crippen molar-refractivity contribution >= 4 is 35.2 Å². The third-order valence-electron chi connectivity index (χ3n) is 9.49. The molecule has 3 saturated heterocycles. The van der Waals surface area contributed by atoms with Crippen molar-refractivity contribution in [3.8, 4) is 0 Å². The predicted molar refractivity (Wildman–Crippen MR) is 167 cm³/mol. The molecule has 1 aromatic rings. The van der Waals surface area contributed by atoms with E-state index in [4.69, 9.17) is 0 Å². The van der Waals surface area contributed by atoms with Gasteiger partial charge in [0.05, 0.1) is 29.2 Å². The lowest BCUT2D eigenvalue weighted by atomic mass is 9.70. The molecule has 1 N–H and O–H groups in total. The Hall–Kier alpha value is -2.58. The van der Waals surface area contributed by atoms with E-state index in [-0.39, 0.29) is 35.5 Å². The fourth-order valence-corrected chi connectivity index (χ4v) is 9.54. The molecule has 2 unspecified atom stereocenters. The molecule has 0 saturated carbocycles. The molecule has 3 heterocycles. The minimum absolute atomic E-state index is 0.0113. The number of benzene rings is 1. The van der Waals surface area contributed by atoms with Gasteiger partial charge in [-0.3, -0.25) is 14.4 Å². The van der Waals surface area contributed by atoms with Gasteiger partial charge in [0.15, 0.2) is 0 Å². The van der Waals surface area contributed by atoms with Crippen LogP contribution in [0.2, 0.25) is 0 Å². The van der Waals surface area contributed by atoms with E-state index in [1.807, 2.05) is 57.7 Å². The summed E-state index contributed by atoms with van der Waals surface area (Å²) >= 11 is 1.68. The standard InChI is InChI=1S/C33H47N3O4S/c1-8-16-34(17-9-2)30(38)27-26-14-15-33(41-26)28(27)31(39)36(25(20-37)22(6)11-4)29(33)32(40)35(18-10-3)24-19-21(5)12-13-23(24)7/h8,10,12-13,19,22,25-29,37H,1,3,9,11,14-18,20H2,2,4-7H3/t22-,25-,26+,27-,28-,29?,33?/m0/s1. The van der Waals surface area contributed by atoms with Crippen LogP contribution in [0.1, 0.15) is 57.6 Å². The van der Waals surface area contributed by atoms with Crippen molar-refractivity contribution in [3.05, 3.63) is 54.6 Å². The molecule has 7 atom stereocenters. The number of rotatable bonds is 13. The first kappa shape index (κ1) is 31.4. The van der Waals surface area contributed by atoms with Crippen LogP contribution < -0.4 is 4.90 Å². The molecule has 224 valence electrons. The summed E-state index contributed by atoms with van der Waals surface area (Å²) < 4.78 is -0.719. The summed E-state index contributed by atoms with van der Waals surface area (Å²) in [4.78, 5) is 48.9. The fraction of sp³-hybridized carbons (Fsp3) is 0.606. The van der Waals surface area contributed by atoms with Crippen LogP contribution in [0, 0.1) is 31.6 Å². The molecule has 3 aliphatic rings. The molecule has 2 bridgehead atoms. The largest absolute Gasteiger partial charge is 0.394 e. The van der Waals surface area contributed by atoms with Gasteiger partial charge < -0.3 is 19.8 Å². The first-order chi connectivity index (χ1) is 19.6. The maximum Gasteiger partial charge on any atom is 0.251 e. The molecule has 3 fully saturated rings. The van der Waals surface area contributed by atoms with Gasteiger partial charge in [0.25, 0.3) is 5.91 Å². The summed E-state index contributed by atoms with van der Waals surface area (Å²) in [6.07, 6.45) is 6.50. The zero-order valence-corrected chi connectivity index (χ0v) is 26.2. The van der Waals surface area contributed by atoms with Crippen LogP contribution in [0.5, 0.6) is 0 Å². The van der Waals surface area contributed by atoms with Gasteiger partial charge in [-0.15, -0.1) is 24.9 Å². The van der Waals surface area contributed by atoms with Gasteiger partial charge >= 0.3 is 0 Å². The number of fused-ring (bicyclic) bond motifs is 1. The van der Waals surface area contributed by atoms with E-state index in [0.717, 1.165) is 36.1 Å². The maximum absolute atomic E-state index is 14.9. The number of thioether (sulfide) groups is 1. The number of amides is 3. The summed E-state index contributed by atoms with van der Waals surface area (Å²) in [5.74, 6) is -1.44. The Kier molecular flexibility index (Phi) is 9.74. The van der Waals surface area contributed by atoms with Crippen LogP contribution >= 0.6 is 11.8 Å². The number of nitrogens with zero attached hydrogens (tertiary/aromatic N) is 3. The first-order valence-electron chi connectivity index (χ1n) is 15.1. The second kappa shape index (κ2) is 12.7. The molecule has 3 aliphatic heterocycles. The molecule has 0 radical (unpaired) electrons. The van der Waals surface area contributed by atoms with Crippen molar-refractivity contribution in [2.24, 2.45) is 17.8 Å². The minimum Gasteiger partial charge on any atom is -0.394 e. The van der Waals surface area contributed by atoms with E-state index in [9.17, 15) is 19.5 Å². The van der Waals surface area contributed by atoms with E-state index < -0.39 is 28.7 Å². The normalized spacial score (nSPS) is 27.9. The van der Waals surface area contributed by atoms with Crippen LogP contribution in [0.15, 0.2) is 43.5 Å². The highest BCUT2D eigenvalue weighted by Gasteiger charge is 2.74. The molecule has 1 aromatic carbocycles. The van der Waals surface area contributed by atoms with Gasteiger partial charge in [0, 0.05) is 30.6 Å². The van der Waals surface area contributed by atoms with Crippen LogP contribution in [-0.2, 0) is 14.4 Å². The number of hydrogen-bond acceptors (Lipinski definition) is 5. The molecular weight excluding hydrogens is 534 g/mol. The number of carbonyl (C=O) groups is 3. The maximum atomic E-state index is 14.9. The van der Waals surface area contributed by atoms with Gasteiger partial charge in [-0.1, -0.05) is 51.5 Å². The zero-order valence-electron chi connectivity index (χ0n) is 25.3. The number of likely N-dealkylation sites (tertiary alicyclic amines) is 1. The molecule has 8 heteroatoms. The topological polar surface area (TPSA) is 81.2 Å². The number of aliphatic hydroxyl groups excluding tert-OH is 1. The Bertz CT molecular complexity index is 1190. The third kappa shape index (κ3) is 5.27. The number of anilines is 1. The van der Waals surface area contributed by atoms with Crippen molar-refractivity contribution in [1.82, 2.24) is 9.80 Å². The summed E-state index contributed by atoms with van der Waals surface area (Å²) in [7, 11) is 0. The molecule has 1 spiro atoms. The van der Waals surface area contributed by atoms with Gasteiger partial charge in [-0.25, -0.2) is 0 Å². The highest BCUT2D eigenvalue weighted by atomic mass is 32.2. The van der Waals surface area contributed by atoms with Crippen molar-refractivity contribution in [2.45, 2.75) is 82.4 Å². The second-order valence-electron chi connectivity index (χ2n) is 12.0. The van der Waals surface area contributed by atoms with Crippen molar-refractivity contribution in [2.75, 3.05) is 31.1 Å².